The van der Waals surface area contributed by atoms with Gasteiger partial charge < -0.3 is 10.1 Å². The molecule has 1 aromatic carbocycles. The molecule has 0 bridgehead atoms. The first-order valence-electron chi connectivity index (χ1n) is 8.00. The van der Waals surface area contributed by atoms with Crippen LogP contribution in [0.15, 0.2) is 41.0 Å². The summed E-state index contributed by atoms with van der Waals surface area (Å²) < 4.78 is 5.96. The van der Waals surface area contributed by atoms with Gasteiger partial charge in [-0.05, 0) is 59.1 Å². The van der Waals surface area contributed by atoms with Gasteiger partial charge in [-0.3, -0.25) is 14.5 Å². The van der Waals surface area contributed by atoms with Crippen LogP contribution in [0.4, 0.5) is 11.5 Å². The van der Waals surface area contributed by atoms with E-state index in [9.17, 15) is 9.59 Å². The third-order valence-electron chi connectivity index (χ3n) is 4.05. The van der Waals surface area contributed by atoms with Gasteiger partial charge in [0.05, 0.1) is 0 Å². The van der Waals surface area contributed by atoms with Gasteiger partial charge >= 0.3 is 0 Å². The fourth-order valence-corrected chi connectivity index (χ4v) is 2.91. The summed E-state index contributed by atoms with van der Waals surface area (Å²) in [5.74, 6) is 0.235. The first kappa shape index (κ1) is 17.4. The quantitative estimate of drug-likeness (QED) is 0.795. The molecular weight excluding hydrogens is 386 g/mol. The first-order valence-corrected chi connectivity index (χ1v) is 8.80. The van der Waals surface area contributed by atoms with Crippen LogP contribution in [-0.4, -0.2) is 29.4 Å². The highest BCUT2D eigenvalue weighted by atomic mass is 79.9. The van der Waals surface area contributed by atoms with Gasteiger partial charge in [0.2, 0.25) is 5.91 Å². The largest absolute Gasteiger partial charge is 0.480 e. The standard InChI is InChI=1S/C18H18BrN3O3/c1-3-12-4-6-13(7-5-12)20-18(24)11(2)22-16(23)10-25-14-8-9-15(19)21-17(14)22/h4-9,11H,3,10H2,1-2H3,(H,20,24). The number of hydrogen-bond donors (Lipinski definition) is 1. The van der Waals surface area contributed by atoms with Crippen LogP contribution < -0.4 is 15.0 Å². The molecule has 1 atom stereocenters. The van der Waals surface area contributed by atoms with Gasteiger partial charge in [-0.15, -0.1) is 0 Å². The number of nitrogens with zero attached hydrogens (tertiary/aromatic N) is 2. The summed E-state index contributed by atoms with van der Waals surface area (Å²) in [7, 11) is 0. The van der Waals surface area contributed by atoms with Crippen molar-refractivity contribution in [3.05, 3.63) is 46.6 Å². The van der Waals surface area contributed by atoms with Crippen molar-refractivity contribution in [2.45, 2.75) is 26.3 Å². The highest BCUT2D eigenvalue weighted by Gasteiger charge is 2.34. The van der Waals surface area contributed by atoms with E-state index in [1.54, 1.807) is 19.1 Å². The zero-order valence-electron chi connectivity index (χ0n) is 14.0. The zero-order valence-corrected chi connectivity index (χ0v) is 15.5. The maximum Gasteiger partial charge on any atom is 0.266 e. The van der Waals surface area contributed by atoms with E-state index in [-0.39, 0.29) is 18.4 Å². The van der Waals surface area contributed by atoms with Crippen LogP contribution in [0, 0.1) is 0 Å². The van der Waals surface area contributed by atoms with Crippen molar-refractivity contribution in [2.24, 2.45) is 0 Å². The fourth-order valence-electron chi connectivity index (χ4n) is 2.61. The summed E-state index contributed by atoms with van der Waals surface area (Å²) >= 11 is 3.29. The lowest BCUT2D eigenvalue weighted by Crippen LogP contribution is -2.50. The monoisotopic (exact) mass is 403 g/mol. The molecule has 0 spiro atoms. The van der Waals surface area contributed by atoms with Crippen molar-refractivity contribution in [2.75, 3.05) is 16.8 Å². The molecule has 0 aliphatic carbocycles. The predicted octanol–water partition coefficient (Wildman–Crippen LogP) is 3.16. The number of anilines is 2. The van der Waals surface area contributed by atoms with Crippen molar-refractivity contribution in [3.8, 4) is 5.75 Å². The van der Waals surface area contributed by atoms with Crippen molar-refractivity contribution >= 4 is 39.2 Å². The molecule has 1 aliphatic rings. The predicted molar refractivity (Wildman–Crippen MR) is 98.8 cm³/mol. The number of halogens is 1. The molecule has 2 heterocycles. The van der Waals surface area contributed by atoms with Crippen LogP contribution in [0.1, 0.15) is 19.4 Å². The molecule has 1 N–H and O–H groups in total. The number of carbonyl (C=O) groups excluding carboxylic acids is 2. The van der Waals surface area contributed by atoms with E-state index >= 15 is 0 Å². The smallest absolute Gasteiger partial charge is 0.266 e. The number of benzene rings is 1. The summed E-state index contributed by atoms with van der Waals surface area (Å²) in [6.07, 6.45) is 0.935. The van der Waals surface area contributed by atoms with E-state index in [0.29, 0.717) is 21.9 Å². The number of nitrogens with one attached hydrogen (secondary N) is 1. The lowest BCUT2D eigenvalue weighted by Gasteiger charge is -2.32. The van der Waals surface area contributed by atoms with Crippen LogP contribution in [0.25, 0.3) is 0 Å². The van der Waals surface area contributed by atoms with Crippen LogP contribution in [0.5, 0.6) is 5.75 Å². The molecule has 1 unspecified atom stereocenters. The average molecular weight is 404 g/mol. The molecule has 0 radical (unpaired) electrons. The van der Waals surface area contributed by atoms with Gasteiger partial charge in [0, 0.05) is 5.69 Å². The second kappa shape index (κ2) is 7.23. The van der Waals surface area contributed by atoms with E-state index < -0.39 is 6.04 Å². The first-order chi connectivity index (χ1) is 12.0. The number of carbonyl (C=O) groups is 2. The number of hydrogen-bond acceptors (Lipinski definition) is 4. The number of amides is 2. The second-order valence-corrected chi connectivity index (χ2v) is 6.54. The second-order valence-electron chi connectivity index (χ2n) is 5.72. The third kappa shape index (κ3) is 3.66. The molecule has 1 aromatic heterocycles. The van der Waals surface area contributed by atoms with Crippen molar-refractivity contribution < 1.29 is 14.3 Å². The summed E-state index contributed by atoms with van der Waals surface area (Å²) in [5.41, 5.74) is 1.88. The molecule has 25 heavy (non-hydrogen) atoms. The molecule has 0 fully saturated rings. The SMILES string of the molecule is CCc1ccc(NC(=O)C(C)N2C(=O)COc3ccc(Br)nc32)cc1. The zero-order chi connectivity index (χ0) is 18.0. The Hall–Kier alpha value is -2.41. The molecule has 6 nitrogen and oxygen atoms in total. The summed E-state index contributed by atoms with van der Waals surface area (Å²) in [5, 5.41) is 2.84. The normalized spacial score (nSPS) is 14.5. The maximum absolute atomic E-state index is 12.6. The van der Waals surface area contributed by atoms with Crippen molar-refractivity contribution in [1.82, 2.24) is 4.98 Å². The van der Waals surface area contributed by atoms with Gasteiger partial charge in [-0.2, -0.15) is 0 Å². The van der Waals surface area contributed by atoms with Gasteiger partial charge in [0.15, 0.2) is 18.2 Å². The highest BCUT2D eigenvalue weighted by molar-refractivity contribution is 9.10. The topological polar surface area (TPSA) is 71.5 Å². The summed E-state index contributed by atoms with van der Waals surface area (Å²) in [4.78, 5) is 30.6. The summed E-state index contributed by atoms with van der Waals surface area (Å²) in [6.45, 7) is 3.63. The Morgan fingerprint density at radius 2 is 2.04 bits per heavy atom. The Morgan fingerprint density at radius 1 is 1.32 bits per heavy atom. The van der Waals surface area contributed by atoms with Gasteiger partial charge in [-0.1, -0.05) is 19.1 Å². The number of fused-ring (bicyclic) bond motifs is 1. The Bertz CT molecular complexity index is 808. The van der Waals surface area contributed by atoms with E-state index in [2.05, 4.69) is 33.2 Å². The maximum atomic E-state index is 12.6. The Kier molecular flexibility index (Phi) is 5.03. The van der Waals surface area contributed by atoms with Crippen LogP contribution in [-0.2, 0) is 16.0 Å². The van der Waals surface area contributed by atoms with Crippen LogP contribution >= 0.6 is 15.9 Å². The van der Waals surface area contributed by atoms with Crippen molar-refractivity contribution in [3.63, 3.8) is 0 Å². The molecule has 0 saturated carbocycles. The minimum Gasteiger partial charge on any atom is -0.480 e. The molecule has 130 valence electrons. The van der Waals surface area contributed by atoms with E-state index in [4.69, 9.17) is 4.74 Å². The van der Waals surface area contributed by atoms with Gasteiger partial charge in [0.25, 0.3) is 5.91 Å². The van der Waals surface area contributed by atoms with E-state index in [1.165, 1.54) is 10.5 Å². The Morgan fingerprint density at radius 3 is 2.72 bits per heavy atom. The molecule has 0 saturated heterocycles. The van der Waals surface area contributed by atoms with Crippen LogP contribution in [0.2, 0.25) is 0 Å². The molecule has 7 heteroatoms. The molecular formula is C18H18BrN3O3. The third-order valence-corrected chi connectivity index (χ3v) is 4.49. The van der Waals surface area contributed by atoms with Crippen molar-refractivity contribution in [1.29, 1.82) is 0 Å². The number of rotatable bonds is 4. The molecule has 2 aromatic rings. The van der Waals surface area contributed by atoms with Gasteiger partial charge in [-0.25, -0.2) is 4.98 Å². The molecule has 1 aliphatic heterocycles. The fraction of sp³-hybridized carbons (Fsp3) is 0.278. The highest BCUT2D eigenvalue weighted by Crippen LogP contribution is 2.33. The molecule has 3 rings (SSSR count). The Balaban J connectivity index is 1.81. The van der Waals surface area contributed by atoms with E-state index in [1.807, 2.05) is 24.3 Å². The minimum atomic E-state index is -0.720. The Labute approximate surface area is 154 Å². The van der Waals surface area contributed by atoms with E-state index in [0.717, 1.165) is 6.42 Å². The minimum absolute atomic E-state index is 0.112. The number of pyridine rings is 1. The van der Waals surface area contributed by atoms with Crippen LogP contribution in [0.3, 0.4) is 0 Å². The summed E-state index contributed by atoms with van der Waals surface area (Å²) in [6, 6.07) is 10.4. The number of aryl methyl sites for hydroxylation is 1. The number of ether oxygens (including phenoxy) is 1. The number of aromatic nitrogens is 1. The average Bonchev–Trinajstić information content (AvgIpc) is 2.61. The lowest BCUT2D eigenvalue weighted by atomic mass is 10.1. The molecule has 2 amide bonds. The van der Waals surface area contributed by atoms with Gasteiger partial charge in [0.1, 0.15) is 10.6 Å². The lowest BCUT2D eigenvalue weighted by molar-refractivity contribution is -0.125.